The molecular weight excluding hydrogens is 390 g/mol. The van der Waals surface area contributed by atoms with Gasteiger partial charge in [-0.25, -0.2) is 0 Å². The van der Waals surface area contributed by atoms with Crippen LogP contribution >= 0.6 is 0 Å². The first-order chi connectivity index (χ1) is 14.4. The maximum absolute atomic E-state index is 12.9. The van der Waals surface area contributed by atoms with Gasteiger partial charge in [0.2, 0.25) is 11.8 Å². The highest BCUT2D eigenvalue weighted by atomic mass is 16.5. The average Bonchev–Trinajstić information content (AvgIpc) is 2.74. The zero-order valence-electron chi connectivity index (χ0n) is 17.6. The van der Waals surface area contributed by atoms with Gasteiger partial charge in [0.15, 0.2) is 6.61 Å². The molecule has 2 N–H and O–H groups in total. The molecule has 0 aliphatic carbocycles. The Kier molecular flexibility index (Phi) is 8.64. The zero-order valence-corrected chi connectivity index (χ0v) is 17.6. The molecule has 1 fully saturated rings. The fraction of sp³-hybridized carbons (Fsp3) is 0.524. The molecule has 9 nitrogen and oxygen atoms in total. The van der Waals surface area contributed by atoms with Crippen LogP contribution in [0.1, 0.15) is 51.1 Å². The van der Waals surface area contributed by atoms with Crippen molar-refractivity contribution in [2.24, 2.45) is 5.92 Å². The molecule has 0 bridgehead atoms. The van der Waals surface area contributed by atoms with Gasteiger partial charge < -0.3 is 14.4 Å². The van der Waals surface area contributed by atoms with Gasteiger partial charge in [-0.3, -0.25) is 30.0 Å². The van der Waals surface area contributed by atoms with Crippen LogP contribution in [0, 0.1) is 5.92 Å². The molecule has 1 aromatic rings. The Labute approximate surface area is 176 Å². The molecular formula is C21H29N3O6. The Morgan fingerprint density at radius 1 is 1.20 bits per heavy atom. The fourth-order valence-corrected chi connectivity index (χ4v) is 3.52. The van der Waals surface area contributed by atoms with Gasteiger partial charge in [-0.05, 0) is 18.9 Å². The van der Waals surface area contributed by atoms with Crippen molar-refractivity contribution in [2.45, 2.75) is 45.6 Å². The number of unbranched alkanes of at least 4 members (excludes halogenated alkanes) is 1. The van der Waals surface area contributed by atoms with E-state index in [1.807, 2.05) is 25.1 Å². The second-order valence-electron chi connectivity index (χ2n) is 7.11. The van der Waals surface area contributed by atoms with Crippen molar-refractivity contribution in [1.29, 1.82) is 0 Å². The number of carbonyl (C=O) groups excluding carboxylic acids is 4. The van der Waals surface area contributed by atoms with Gasteiger partial charge in [-0.2, -0.15) is 0 Å². The number of methoxy groups -OCH3 is 1. The van der Waals surface area contributed by atoms with Gasteiger partial charge in [-0.15, -0.1) is 0 Å². The van der Waals surface area contributed by atoms with Crippen molar-refractivity contribution in [3.63, 3.8) is 0 Å². The monoisotopic (exact) mass is 419 g/mol. The van der Waals surface area contributed by atoms with Crippen LogP contribution in [0.15, 0.2) is 24.3 Å². The van der Waals surface area contributed by atoms with Crippen LogP contribution < -0.4 is 15.6 Å². The third-order valence-electron chi connectivity index (χ3n) is 4.94. The molecule has 2 atom stereocenters. The molecule has 30 heavy (non-hydrogen) atoms. The third-order valence-corrected chi connectivity index (χ3v) is 4.94. The van der Waals surface area contributed by atoms with E-state index in [2.05, 4.69) is 10.9 Å². The molecule has 1 saturated heterocycles. The Bertz CT molecular complexity index is 782. The number of hydrazine groups is 1. The maximum atomic E-state index is 12.9. The SMILES string of the molecule is CCCCN1C(=O)CC[C@@H](C(=O)OCC(=O)NNC(C)=O)[C@@H]1c1ccccc1OC. The molecule has 0 unspecified atom stereocenters. The maximum Gasteiger partial charge on any atom is 0.311 e. The number of hydrogen-bond acceptors (Lipinski definition) is 6. The number of likely N-dealkylation sites (tertiary alicyclic amines) is 1. The number of amides is 3. The minimum absolute atomic E-state index is 0.0215. The lowest BCUT2D eigenvalue weighted by molar-refractivity contribution is -0.160. The lowest BCUT2D eigenvalue weighted by atomic mass is 9.83. The van der Waals surface area contributed by atoms with E-state index < -0.39 is 36.4 Å². The zero-order chi connectivity index (χ0) is 22.1. The summed E-state index contributed by atoms with van der Waals surface area (Å²) in [4.78, 5) is 49.9. The van der Waals surface area contributed by atoms with Gasteiger partial charge in [0, 0.05) is 25.5 Å². The smallest absolute Gasteiger partial charge is 0.311 e. The van der Waals surface area contributed by atoms with Gasteiger partial charge in [0.1, 0.15) is 5.75 Å². The first-order valence-electron chi connectivity index (χ1n) is 10.0. The van der Waals surface area contributed by atoms with E-state index in [1.165, 1.54) is 6.92 Å². The predicted octanol–water partition coefficient (Wildman–Crippen LogP) is 1.49. The Morgan fingerprint density at radius 2 is 1.93 bits per heavy atom. The molecule has 1 aliphatic heterocycles. The van der Waals surface area contributed by atoms with E-state index in [1.54, 1.807) is 18.1 Å². The van der Waals surface area contributed by atoms with Crippen LogP contribution in [-0.4, -0.2) is 48.9 Å². The molecule has 0 radical (unpaired) electrons. The lowest BCUT2D eigenvalue weighted by Crippen LogP contribution is -2.47. The summed E-state index contributed by atoms with van der Waals surface area (Å²) in [5, 5.41) is 0. The summed E-state index contributed by atoms with van der Waals surface area (Å²) in [6, 6.07) is 6.74. The highest BCUT2D eigenvalue weighted by Crippen LogP contribution is 2.41. The van der Waals surface area contributed by atoms with Gasteiger partial charge >= 0.3 is 5.97 Å². The summed E-state index contributed by atoms with van der Waals surface area (Å²) >= 11 is 0. The second-order valence-corrected chi connectivity index (χ2v) is 7.11. The summed E-state index contributed by atoms with van der Waals surface area (Å²) < 4.78 is 10.7. The number of esters is 1. The average molecular weight is 419 g/mol. The minimum atomic E-state index is -0.651. The summed E-state index contributed by atoms with van der Waals surface area (Å²) in [5.74, 6) is -1.74. The van der Waals surface area contributed by atoms with E-state index >= 15 is 0 Å². The van der Waals surface area contributed by atoms with Crippen LogP contribution in [0.25, 0.3) is 0 Å². The number of piperidine rings is 1. The van der Waals surface area contributed by atoms with Crippen LogP contribution in [0.2, 0.25) is 0 Å². The summed E-state index contributed by atoms with van der Waals surface area (Å²) in [7, 11) is 1.54. The first kappa shape index (κ1) is 23.2. The molecule has 9 heteroatoms. The van der Waals surface area contributed by atoms with E-state index in [-0.39, 0.29) is 12.3 Å². The van der Waals surface area contributed by atoms with E-state index in [0.717, 1.165) is 18.4 Å². The topological polar surface area (TPSA) is 114 Å². The Balaban J connectivity index is 2.24. The molecule has 1 aromatic carbocycles. The minimum Gasteiger partial charge on any atom is -0.496 e. The van der Waals surface area contributed by atoms with E-state index in [0.29, 0.717) is 18.7 Å². The number of para-hydroxylation sites is 1. The van der Waals surface area contributed by atoms with Gasteiger partial charge in [0.05, 0.1) is 19.1 Å². The van der Waals surface area contributed by atoms with E-state index in [4.69, 9.17) is 9.47 Å². The molecule has 164 valence electrons. The molecule has 3 amide bonds. The van der Waals surface area contributed by atoms with Gasteiger partial charge in [0.25, 0.3) is 5.91 Å². The number of nitrogens with zero attached hydrogens (tertiary/aromatic N) is 1. The van der Waals surface area contributed by atoms with Crippen LogP contribution in [-0.2, 0) is 23.9 Å². The van der Waals surface area contributed by atoms with Crippen LogP contribution in [0.3, 0.4) is 0 Å². The standard InChI is InChI=1S/C21H29N3O6/c1-4-5-12-24-19(27)11-10-16(20(24)15-8-6-7-9-17(15)29-3)21(28)30-13-18(26)23-22-14(2)25/h6-9,16,20H,4-5,10-13H2,1-3H3,(H,22,25)(H,23,26)/t16-,20+/m1/s1. The molecule has 0 saturated carbocycles. The molecule has 1 aliphatic rings. The van der Waals surface area contributed by atoms with E-state index in [9.17, 15) is 19.2 Å². The number of ether oxygens (including phenoxy) is 2. The number of hydrogen-bond donors (Lipinski definition) is 2. The van der Waals surface area contributed by atoms with Crippen molar-refractivity contribution >= 4 is 23.7 Å². The lowest BCUT2D eigenvalue weighted by Gasteiger charge is -2.40. The predicted molar refractivity (Wildman–Crippen MR) is 108 cm³/mol. The van der Waals surface area contributed by atoms with Crippen LogP contribution in [0.4, 0.5) is 0 Å². The molecule has 0 aromatic heterocycles. The molecule has 2 rings (SSSR count). The van der Waals surface area contributed by atoms with Crippen molar-refractivity contribution < 1.29 is 28.7 Å². The summed E-state index contributed by atoms with van der Waals surface area (Å²) in [6.45, 7) is 3.27. The Hall–Kier alpha value is -3.10. The first-order valence-corrected chi connectivity index (χ1v) is 10.0. The summed E-state index contributed by atoms with van der Waals surface area (Å²) in [5.41, 5.74) is 5.01. The second kappa shape index (κ2) is 11.2. The fourth-order valence-electron chi connectivity index (χ4n) is 3.52. The van der Waals surface area contributed by atoms with Crippen molar-refractivity contribution in [2.75, 3.05) is 20.3 Å². The number of rotatable bonds is 8. The number of benzene rings is 1. The van der Waals surface area contributed by atoms with Crippen LogP contribution in [0.5, 0.6) is 5.75 Å². The quantitative estimate of drug-likeness (QED) is 0.487. The Morgan fingerprint density at radius 3 is 2.60 bits per heavy atom. The number of carbonyl (C=O) groups is 4. The third kappa shape index (κ3) is 5.95. The van der Waals surface area contributed by atoms with Crippen molar-refractivity contribution in [3.05, 3.63) is 29.8 Å². The van der Waals surface area contributed by atoms with Crippen molar-refractivity contribution in [1.82, 2.24) is 15.8 Å². The highest BCUT2D eigenvalue weighted by Gasteiger charge is 2.42. The highest BCUT2D eigenvalue weighted by molar-refractivity contribution is 5.85. The summed E-state index contributed by atoms with van der Waals surface area (Å²) in [6.07, 6.45) is 2.25. The molecule has 1 heterocycles. The largest absolute Gasteiger partial charge is 0.496 e. The number of nitrogens with one attached hydrogen (secondary N) is 2. The van der Waals surface area contributed by atoms with Gasteiger partial charge in [-0.1, -0.05) is 31.5 Å². The normalized spacial score (nSPS) is 18.5. The van der Waals surface area contributed by atoms with Crippen molar-refractivity contribution in [3.8, 4) is 5.75 Å². The molecule has 0 spiro atoms.